The number of nitrogens with one attached hydrogen (secondary N) is 2. The van der Waals surface area contributed by atoms with Crippen molar-refractivity contribution in [2.24, 2.45) is 0 Å². The minimum atomic E-state index is -0.681. The lowest BCUT2D eigenvalue weighted by molar-refractivity contribution is 0.123. The van der Waals surface area contributed by atoms with E-state index < -0.39 is 11.6 Å². The molecule has 2 aliphatic rings. The molecule has 5 aromatic heterocycles. The normalized spacial score (nSPS) is 17.4. The highest BCUT2D eigenvalue weighted by Gasteiger charge is 2.40. The fourth-order valence-corrected chi connectivity index (χ4v) is 5.41. The van der Waals surface area contributed by atoms with Crippen molar-refractivity contribution in [1.82, 2.24) is 34.3 Å². The van der Waals surface area contributed by atoms with Crippen LogP contribution in [0.4, 0.5) is 23.1 Å². The number of aryl methyl sites for hydroxylation is 2. The Bertz CT molecular complexity index is 1730. The maximum atomic E-state index is 10.6. The number of nitrogen functional groups attached to an aromatic ring is 1. The largest absolute Gasteiger partial charge is 0.384 e. The highest BCUT2D eigenvalue weighted by atomic mass is 16.3. The summed E-state index contributed by atoms with van der Waals surface area (Å²) in [6.07, 6.45) is 7.53. The standard InChI is InChI=1S/C27H28N10O/c1-14-17(11-31-24-23(14)34-27(2,3)25(24)38)19-8-15-9-20(30-12-18(15)26(28)32-19)33-21-10-16-4-6-36-7-5-29-22(36)13-37(16)35-21/h5,7-12,25,34,38H,4,6,13H2,1-3H3,(H2,28,32)(H,30,33,35)/t25-/m1/s1. The average molecular weight is 509 g/mol. The molecule has 7 rings (SSSR count). The van der Waals surface area contributed by atoms with E-state index in [1.807, 2.05) is 50.0 Å². The van der Waals surface area contributed by atoms with Crippen molar-refractivity contribution < 1.29 is 5.11 Å². The molecule has 1 atom stereocenters. The number of hydrogen-bond acceptors (Lipinski definition) is 9. The van der Waals surface area contributed by atoms with Crippen LogP contribution in [0.3, 0.4) is 0 Å². The predicted octanol–water partition coefficient (Wildman–Crippen LogP) is 3.56. The van der Waals surface area contributed by atoms with E-state index in [4.69, 9.17) is 10.8 Å². The molecular weight excluding hydrogens is 480 g/mol. The quantitative estimate of drug-likeness (QED) is 0.287. The Hall–Kier alpha value is -4.51. The van der Waals surface area contributed by atoms with E-state index in [1.165, 1.54) is 0 Å². The van der Waals surface area contributed by atoms with Crippen molar-refractivity contribution in [3.8, 4) is 11.3 Å². The van der Waals surface area contributed by atoms with Crippen LogP contribution in [-0.4, -0.2) is 44.9 Å². The lowest BCUT2D eigenvalue weighted by atomic mass is 9.98. The van der Waals surface area contributed by atoms with Crippen LogP contribution in [0.5, 0.6) is 0 Å². The van der Waals surface area contributed by atoms with Gasteiger partial charge in [0.05, 0.1) is 29.2 Å². The van der Waals surface area contributed by atoms with Crippen LogP contribution in [0.25, 0.3) is 22.0 Å². The Kier molecular flexibility index (Phi) is 4.77. The molecule has 0 saturated heterocycles. The van der Waals surface area contributed by atoms with Gasteiger partial charge in [-0.2, -0.15) is 5.10 Å². The first-order chi connectivity index (χ1) is 18.3. The Morgan fingerprint density at radius 3 is 2.87 bits per heavy atom. The minimum absolute atomic E-state index is 0.397. The van der Waals surface area contributed by atoms with Crippen molar-refractivity contribution >= 4 is 33.9 Å². The van der Waals surface area contributed by atoms with Gasteiger partial charge in [0, 0.05) is 60.5 Å². The number of aliphatic hydroxyl groups is 1. The number of rotatable bonds is 3. The molecule has 0 fully saturated rings. The number of hydrogen-bond donors (Lipinski definition) is 4. The molecule has 5 N–H and O–H groups in total. The summed E-state index contributed by atoms with van der Waals surface area (Å²) in [5, 5.41) is 23.8. The number of nitrogens with zero attached hydrogens (tertiary/aromatic N) is 7. The van der Waals surface area contributed by atoms with Gasteiger partial charge in [0.25, 0.3) is 0 Å². The summed E-state index contributed by atoms with van der Waals surface area (Å²) < 4.78 is 4.16. The van der Waals surface area contributed by atoms with E-state index in [2.05, 4.69) is 41.2 Å². The van der Waals surface area contributed by atoms with Crippen LogP contribution in [0, 0.1) is 6.92 Å². The minimum Gasteiger partial charge on any atom is -0.384 e. The van der Waals surface area contributed by atoms with Gasteiger partial charge in [-0.1, -0.05) is 0 Å². The maximum Gasteiger partial charge on any atom is 0.153 e. The molecule has 192 valence electrons. The molecule has 0 radical (unpaired) electrons. The second kappa shape index (κ2) is 7.99. The molecule has 0 bridgehead atoms. The average Bonchev–Trinajstić information content (AvgIpc) is 3.52. The molecule has 7 heterocycles. The van der Waals surface area contributed by atoms with E-state index in [1.54, 1.807) is 12.4 Å². The molecule has 0 aromatic carbocycles. The lowest BCUT2D eigenvalue weighted by Crippen LogP contribution is -2.32. The summed E-state index contributed by atoms with van der Waals surface area (Å²) in [6, 6.07) is 6.01. The van der Waals surface area contributed by atoms with Gasteiger partial charge in [-0.3, -0.25) is 9.67 Å². The van der Waals surface area contributed by atoms with Crippen LogP contribution in [0.2, 0.25) is 0 Å². The molecule has 11 nitrogen and oxygen atoms in total. The second-order valence-corrected chi connectivity index (χ2v) is 10.6. The second-order valence-electron chi connectivity index (χ2n) is 10.6. The van der Waals surface area contributed by atoms with Crippen molar-refractivity contribution in [3.05, 3.63) is 65.8 Å². The Morgan fingerprint density at radius 1 is 1.13 bits per heavy atom. The molecule has 0 unspecified atom stereocenters. The third-order valence-corrected chi connectivity index (χ3v) is 7.60. The lowest BCUT2D eigenvalue weighted by Gasteiger charge is -2.22. The summed E-state index contributed by atoms with van der Waals surface area (Å²) in [6.45, 7) is 7.44. The number of fused-ring (bicyclic) bond motifs is 4. The zero-order valence-corrected chi connectivity index (χ0v) is 21.4. The van der Waals surface area contributed by atoms with E-state index in [-0.39, 0.29) is 0 Å². The first kappa shape index (κ1) is 22.7. The molecule has 2 aliphatic heterocycles. The zero-order valence-electron chi connectivity index (χ0n) is 21.4. The zero-order chi connectivity index (χ0) is 26.2. The highest BCUT2D eigenvalue weighted by Crippen LogP contribution is 2.43. The Morgan fingerprint density at radius 2 is 2.00 bits per heavy atom. The van der Waals surface area contributed by atoms with E-state index in [9.17, 15) is 5.11 Å². The van der Waals surface area contributed by atoms with Gasteiger partial charge in [-0.05, 0) is 43.9 Å². The Balaban J connectivity index is 1.22. The topological polar surface area (TPSA) is 145 Å². The summed E-state index contributed by atoms with van der Waals surface area (Å²) in [4.78, 5) is 18.2. The first-order valence-corrected chi connectivity index (χ1v) is 12.6. The van der Waals surface area contributed by atoms with Crippen molar-refractivity contribution in [1.29, 1.82) is 0 Å². The SMILES string of the molecule is Cc1c(-c2cc3cc(Nc4cc5n(n4)Cc4nccn4CC5)ncc3c(N)n2)cnc2c1NC(C)(C)[C@@H]2O. The predicted molar refractivity (Wildman–Crippen MR) is 145 cm³/mol. The van der Waals surface area contributed by atoms with Crippen LogP contribution < -0.4 is 16.4 Å². The van der Waals surface area contributed by atoms with E-state index >= 15 is 0 Å². The number of pyridine rings is 3. The fourth-order valence-electron chi connectivity index (χ4n) is 5.41. The Labute approximate surface area is 218 Å². The number of anilines is 4. The third-order valence-electron chi connectivity index (χ3n) is 7.60. The van der Waals surface area contributed by atoms with Crippen molar-refractivity contribution in [3.63, 3.8) is 0 Å². The third kappa shape index (κ3) is 3.50. The summed E-state index contributed by atoms with van der Waals surface area (Å²) >= 11 is 0. The van der Waals surface area contributed by atoms with Gasteiger partial charge in [0.15, 0.2) is 5.82 Å². The van der Waals surface area contributed by atoms with E-state index in [0.717, 1.165) is 57.9 Å². The molecule has 5 aromatic rings. The molecule has 38 heavy (non-hydrogen) atoms. The first-order valence-electron chi connectivity index (χ1n) is 12.6. The summed E-state index contributed by atoms with van der Waals surface area (Å²) in [5.74, 6) is 2.80. The summed E-state index contributed by atoms with van der Waals surface area (Å²) in [7, 11) is 0. The van der Waals surface area contributed by atoms with Gasteiger partial charge in [0.2, 0.25) is 0 Å². The van der Waals surface area contributed by atoms with Crippen LogP contribution in [0.1, 0.15) is 42.7 Å². The van der Waals surface area contributed by atoms with Gasteiger partial charge >= 0.3 is 0 Å². The molecule has 11 heteroatoms. The summed E-state index contributed by atoms with van der Waals surface area (Å²) in [5.41, 5.74) is 11.1. The van der Waals surface area contributed by atoms with Gasteiger partial charge in [-0.25, -0.2) is 15.0 Å². The molecule has 0 spiro atoms. The van der Waals surface area contributed by atoms with Crippen molar-refractivity contribution in [2.75, 3.05) is 16.4 Å². The monoisotopic (exact) mass is 508 g/mol. The van der Waals surface area contributed by atoms with E-state index in [0.29, 0.717) is 29.6 Å². The van der Waals surface area contributed by atoms with Crippen molar-refractivity contribution in [2.45, 2.75) is 51.9 Å². The molecule has 0 amide bonds. The van der Waals surface area contributed by atoms with Gasteiger partial charge < -0.3 is 26.0 Å². The number of nitrogens with two attached hydrogens (primary N) is 1. The smallest absolute Gasteiger partial charge is 0.153 e. The van der Waals surface area contributed by atoms with Crippen LogP contribution in [-0.2, 0) is 19.5 Å². The molecular formula is C27H28N10O. The highest BCUT2D eigenvalue weighted by molar-refractivity contribution is 5.95. The number of imidazole rings is 1. The van der Waals surface area contributed by atoms with Gasteiger partial charge in [0.1, 0.15) is 23.6 Å². The van der Waals surface area contributed by atoms with Gasteiger partial charge in [-0.15, -0.1) is 0 Å². The van der Waals surface area contributed by atoms with Crippen LogP contribution >= 0.6 is 0 Å². The molecule has 0 aliphatic carbocycles. The maximum absolute atomic E-state index is 10.6. The number of aromatic nitrogens is 7. The molecule has 0 saturated carbocycles. The van der Waals surface area contributed by atoms with Crippen LogP contribution in [0.15, 0.2) is 43.0 Å². The fraction of sp³-hybridized carbons (Fsp3) is 0.296. The number of aliphatic hydroxyl groups excluding tert-OH is 1.